The van der Waals surface area contributed by atoms with E-state index in [9.17, 15) is 9.59 Å². The van der Waals surface area contributed by atoms with Crippen LogP contribution in [0.25, 0.3) is 17.7 Å². The Morgan fingerprint density at radius 3 is 2.52 bits per heavy atom. The fourth-order valence-corrected chi connectivity index (χ4v) is 2.11. The van der Waals surface area contributed by atoms with Gasteiger partial charge in [-0.3, -0.25) is 9.59 Å². The van der Waals surface area contributed by atoms with E-state index in [0.717, 1.165) is 5.57 Å². The molecule has 0 atom stereocenters. The van der Waals surface area contributed by atoms with Crippen LogP contribution in [0.5, 0.6) is 0 Å². The van der Waals surface area contributed by atoms with Crippen molar-refractivity contribution in [2.45, 2.75) is 6.92 Å². The van der Waals surface area contributed by atoms with Crippen molar-refractivity contribution in [3.63, 3.8) is 0 Å². The topological polar surface area (TPSA) is 108 Å². The van der Waals surface area contributed by atoms with Gasteiger partial charge in [-0.05, 0) is 30.7 Å². The number of furan rings is 1. The number of nitrogens with one attached hydrogen (secondary N) is 3. The van der Waals surface area contributed by atoms with E-state index < -0.39 is 11.1 Å². The Balaban J connectivity index is 2.16. The van der Waals surface area contributed by atoms with Crippen molar-refractivity contribution < 1.29 is 4.42 Å². The summed E-state index contributed by atoms with van der Waals surface area (Å²) in [5.41, 5.74) is 1.13. The Labute approximate surface area is 129 Å². The van der Waals surface area contributed by atoms with Gasteiger partial charge >= 0.3 is 0 Å². The maximum Gasteiger partial charge on any atom is 0.272 e. The van der Waals surface area contributed by atoms with Gasteiger partial charge < -0.3 is 19.4 Å². The van der Waals surface area contributed by atoms with Crippen molar-refractivity contribution in [1.82, 2.24) is 19.9 Å². The van der Waals surface area contributed by atoms with Crippen LogP contribution in [0.3, 0.4) is 0 Å². The number of nitrogens with zero attached hydrogens (tertiary/aromatic N) is 1. The molecular formula is C16H14N4O3. The van der Waals surface area contributed by atoms with Gasteiger partial charge in [0.15, 0.2) is 0 Å². The minimum Gasteiger partial charge on any atom is -0.465 e. The third-order valence-corrected chi connectivity index (χ3v) is 3.18. The van der Waals surface area contributed by atoms with Crippen LogP contribution in [0.4, 0.5) is 0 Å². The Morgan fingerprint density at radius 2 is 1.91 bits per heavy atom. The summed E-state index contributed by atoms with van der Waals surface area (Å²) in [6, 6.07) is 3.37. The summed E-state index contributed by atoms with van der Waals surface area (Å²) in [6.07, 6.45) is 5.96. The zero-order chi connectivity index (χ0) is 16.4. The van der Waals surface area contributed by atoms with Gasteiger partial charge in [-0.25, -0.2) is 4.98 Å². The fraction of sp³-hybridized carbons (Fsp3) is 0.0625. The van der Waals surface area contributed by atoms with Gasteiger partial charge in [0.05, 0.1) is 24.0 Å². The van der Waals surface area contributed by atoms with Crippen molar-refractivity contribution in [1.29, 1.82) is 0 Å². The summed E-state index contributed by atoms with van der Waals surface area (Å²) in [6.45, 7) is 5.63. The molecule has 0 saturated heterocycles. The highest BCUT2D eigenvalue weighted by molar-refractivity contribution is 5.66. The minimum atomic E-state index is -0.427. The third-order valence-electron chi connectivity index (χ3n) is 3.18. The number of allylic oxidation sites excluding steroid dienone is 1. The number of hydrogen-bond acceptors (Lipinski definition) is 4. The van der Waals surface area contributed by atoms with Crippen molar-refractivity contribution in [2.75, 3.05) is 0 Å². The van der Waals surface area contributed by atoms with Crippen LogP contribution in [0.2, 0.25) is 0 Å². The van der Waals surface area contributed by atoms with Crippen molar-refractivity contribution in [3.8, 4) is 0 Å². The molecule has 7 nitrogen and oxygen atoms in total. The number of rotatable bonds is 3. The molecule has 0 aromatic carbocycles. The second kappa shape index (κ2) is 5.80. The van der Waals surface area contributed by atoms with Crippen LogP contribution in [-0.2, 0) is 0 Å². The van der Waals surface area contributed by atoms with E-state index in [0.29, 0.717) is 17.1 Å². The predicted octanol–water partition coefficient (Wildman–Crippen LogP) is 0.0700. The number of aromatic nitrogens is 4. The maximum absolute atomic E-state index is 12.2. The molecule has 0 bridgehead atoms. The highest BCUT2D eigenvalue weighted by Crippen LogP contribution is 2.12. The normalized spacial score (nSPS) is 12.7. The van der Waals surface area contributed by atoms with E-state index in [1.54, 1.807) is 12.1 Å². The number of hydrogen-bond donors (Lipinski definition) is 3. The summed E-state index contributed by atoms with van der Waals surface area (Å²) < 4.78 is 5.13. The summed E-state index contributed by atoms with van der Waals surface area (Å²) in [5.74, 6) is 0.473. The highest BCUT2D eigenvalue weighted by atomic mass is 16.3. The smallest absolute Gasteiger partial charge is 0.272 e. The lowest BCUT2D eigenvalue weighted by Crippen LogP contribution is -2.46. The first-order valence-electron chi connectivity index (χ1n) is 6.83. The molecule has 0 aliphatic rings. The van der Waals surface area contributed by atoms with Crippen molar-refractivity contribution in [2.24, 2.45) is 0 Å². The fourth-order valence-electron chi connectivity index (χ4n) is 2.11. The molecule has 23 heavy (non-hydrogen) atoms. The Kier molecular flexibility index (Phi) is 3.68. The van der Waals surface area contributed by atoms with Crippen LogP contribution in [-0.4, -0.2) is 19.9 Å². The van der Waals surface area contributed by atoms with Crippen molar-refractivity contribution >= 4 is 17.7 Å². The summed E-state index contributed by atoms with van der Waals surface area (Å²) in [5, 5.41) is 0.241. The number of H-pyrrole nitrogens is 3. The van der Waals surface area contributed by atoms with E-state index in [4.69, 9.17) is 4.42 Å². The predicted molar refractivity (Wildman–Crippen MR) is 86.1 cm³/mol. The molecule has 0 spiro atoms. The minimum absolute atomic E-state index is 0.117. The molecule has 0 unspecified atom stereocenters. The quantitative estimate of drug-likeness (QED) is 0.636. The van der Waals surface area contributed by atoms with E-state index in [1.165, 1.54) is 24.7 Å². The van der Waals surface area contributed by atoms with Gasteiger partial charge in [0.2, 0.25) is 0 Å². The van der Waals surface area contributed by atoms with Crippen LogP contribution in [0.1, 0.15) is 24.1 Å². The highest BCUT2D eigenvalue weighted by Gasteiger charge is 2.04. The first-order chi connectivity index (χ1) is 11.0. The lowest BCUT2D eigenvalue weighted by molar-refractivity contribution is 0.556. The second-order valence-electron chi connectivity index (χ2n) is 4.98. The van der Waals surface area contributed by atoms with E-state index in [-0.39, 0.29) is 10.7 Å². The zero-order valence-corrected chi connectivity index (χ0v) is 12.3. The Morgan fingerprint density at radius 1 is 1.22 bits per heavy atom. The summed E-state index contributed by atoms with van der Waals surface area (Å²) >= 11 is 0. The molecule has 0 radical (unpaired) electrons. The molecule has 0 aliphatic carbocycles. The Hall–Kier alpha value is -3.35. The number of imidazole rings is 1. The van der Waals surface area contributed by atoms with Crippen LogP contribution >= 0.6 is 0 Å². The van der Waals surface area contributed by atoms with E-state index in [2.05, 4.69) is 26.5 Å². The SMILES string of the molecule is C=C(C)c1nc[nH]c1/C=c1\[nH]c(=O)/c(=C/c2ccco2)[nH]c1=O. The molecule has 3 heterocycles. The summed E-state index contributed by atoms with van der Waals surface area (Å²) in [4.78, 5) is 36.4. The van der Waals surface area contributed by atoms with Crippen LogP contribution in [0.15, 0.2) is 45.3 Å². The molecule has 0 aliphatic heterocycles. The van der Waals surface area contributed by atoms with E-state index in [1.807, 2.05) is 6.92 Å². The molecule has 0 saturated carbocycles. The molecule has 3 rings (SSSR count). The molecule has 7 heteroatoms. The van der Waals surface area contributed by atoms with Gasteiger partial charge in [0, 0.05) is 6.08 Å². The first-order valence-corrected chi connectivity index (χ1v) is 6.83. The van der Waals surface area contributed by atoms with Gasteiger partial charge in [-0.1, -0.05) is 6.58 Å². The van der Waals surface area contributed by atoms with Crippen LogP contribution in [0, 0.1) is 0 Å². The van der Waals surface area contributed by atoms with Gasteiger partial charge in [0.25, 0.3) is 11.1 Å². The Bertz CT molecular complexity index is 1080. The van der Waals surface area contributed by atoms with Gasteiger partial charge in [-0.15, -0.1) is 0 Å². The lowest BCUT2D eigenvalue weighted by atomic mass is 10.2. The molecule has 0 amide bonds. The molecule has 3 aromatic rings. The molecular weight excluding hydrogens is 296 g/mol. The van der Waals surface area contributed by atoms with E-state index >= 15 is 0 Å². The second-order valence-corrected chi connectivity index (χ2v) is 4.98. The zero-order valence-electron chi connectivity index (χ0n) is 12.3. The first kappa shape index (κ1) is 14.6. The molecule has 3 aromatic heterocycles. The molecule has 0 fully saturated rings. The number of aromatic amines is 3. The largest absolute Gasteiger partial charge is 0.465 e. The monoisotopic (exact) mass is 310 g/mol. The summed E-state index contributed by atoms with van der Waals surface area (Å²) in [7, 11) is 0. The maximum atomic E-state index is 12.2. The lowest BCUT2D eigenvalue weighted by Gasteiger charge is -1.95. The van der Waals surface area contributed by atoms with Crippen LogP contribution < -0.4 is 21.8 Å². The molecule has 116 valence electrons. The third kappa shape index (κ3) is 2.98. The standard InChI is InChI=1S/C16H14N4O3/c1-9(2)14-11(17-8-18-14)7-13-16(22)19-12(15(21)20-13)6-10-4-3-5-23-10/h3-8H,1H2,2H3,(H,17,18)(H,19,22)(H,20,21)/b12-6-,13-7-. The average Bonchev–Trinajstić information content (AvgIpc) is 3.15. The van der Waals surface area contributed by atoms with Crippen molar-refractivity contribution in [3.05, 3.63) is 79.9 Å². The van der Waals surface area contributed by atoms with Gasteiger partial charge in [0.1, 0.15) is 16.5 Å². The average molecular weight is 310 g/mol. The van der Waals surface area contributed by atoms with Gasteiger partial charge in [-0.2, -0.15) is 0 Å². The molecule has 3 N–H and O–H groups in total.